The van der Waals surface area contributed by atoms with Gasteiger partial charge in [0.1, 0.15) is 0 Å². The van der Waals surface area contributed by atoms with Crippen LogP contribution in [0.4, 0.5) is 0 Å². The molecule has 0 radical (unpaired) electrons. The van der Waals surface area contributed by atoms with Crippen LogP contribution in [0, 0.1) is 11.8 Å². The second-order valence-corrected chi connectivity index (χ2v) is 4.20. The van der Waals surface area contributed by atoms with Gasteiger partial charge in [-0.15, -0.1) is 0 Å². The Morgan fingerprint density at radius 1 is 1.17 bits per heavy atom. The number of hydrogen-bond donors (Lipinski definition) is 1. The largest absolute Gasteiger partial charge is 0.393 e. The van der Waals surface area contributed by atoms with Crippen LogP contribution in [0.2, 0.25) is 0 Å². The molecule has 2 aliphatic carbocycles. The molecule has 0 aromatic rings. The van der Waals surface area contributed by atoms with E-state index in [2.05, 4.69) is 0 Å². The van der Waals surface area contributed by atoms with Crippen LogP contribution in [0.3, 0.4) is 0 Å². The molecule has 1 N–H and O–H groups in total. The van der Waals surface area contributed by atoms with Gasteiger partial charge in [0.05, 0.1) is 19.3 Å². The Labute approximate surface area is 71.7 Å². The van der Waals surface area contributed by atoms with Gasteiger partial charge in [-0.1, -0.05) is 0 Å². The summed E-state index contributed by atoms with van der Waals surface area (Å²) >= 11 is 0. The van der Waals surface area contributed by atoms with Crippen LogP contribution < -0.4 is 0 Å². The van der Waals surface area contributed by atoms with Crippen LogP contribution in [0.25, 0.3) is 0 Å². The third kappa shape index (κ3) is 0.767. The summed E-state index contributed by atoms with van der Waals surface area (Å²) in [6.45, 7) is 1.47. The van der Waals surface area contributed by atoms with Crippen molar-refractivity contribution in [3.63, 3.8) is 0 Å². The van der Waals surface area contributed by atoms with Crippen LogP contribution in [-0.2, 0) is 9.47 Å². The number of rotatable bonds is 0. The molecule has 3 fully saturated rings. The molecule has 12 heavy (non-hydrogen) atoms. The average molecular weight is 170 g/mol. The fourth-order valence-electron chi connectivity index (χ4n) is 3.02. The molecule has 3 rings (SSSR count). The van der Waals surface area contributed by atoms with Gasteiger partial charge in [0.25, 0.3) is 0 Å². The Balaban J connectivity index is 1.78. The molecule has 1 saturated heterocycles. The molecule has 1 aliphatic heterocycles. The predicted molar refractivity (Wildman–Crippen MR) is 41.5 cm³/mol. The van der Waals surface area contributed by atoms with Gasteiger partial charge in [-0.2, -0.15) is 0 Å². The van der Waals surface area contributed by atoms with Gasteiger partial charge >= 0.3 is 0 Å². The molecule has 0 amide bonds. The summed E-state index contributed by atoms with van der Waals surface area (Å²) in [6.07, 6.45) is 2.74. The van der Waals surface area contributed by atoms with Gasteiger partial charge in [-0.3, -0.25) is 0 Å². The Morgan fingerprint density at radius 2 is 1.92 bits per heavy atom. The van der Waals surface area contributed by atoms with Crippen molar-refractivity contribution >= 4 is 0 Å². The third-order valence-electron chi connectivity index (χ3n) is 3.56. The van der Waals surface area contributed by atoms with Gasteiger partial charge in [0, 0.05) is 12.3 Å². The van der Waals surface area contributed by atoms with E-state index in [1.165, 1.54) is 0 Å². The fourth-order valence-corrected chi connectivity index (χ4v) is 3.02. The summed E-state index contributed by atoms with van der Waals surface area (Å²) in [5.74, 6) is 0.885. The van der Waals surface area contributed by atoms with Gasteiger partial charge in [0.2, 0.25) is 0 Å². The number of aliphatic hydroxyl groups is 1. The Morgan fingerprint density at radius 3 is 2.58 bits per heavy atom. The highest BCUT2D eigenvalue weighted by molar-refractivity contribution is 5.04. The van der Waals surface area contributed by atoms with E-state index in [0.29, 0.717) is 11.8 Å². The average Bonchev–Trinajstić information content (AvgIpc) is 2.57. The van der Waals surface area contributed by atoms with Crippen LogP contribution in [0.1, 0.15) is 19.3 Å². The lowest BCUT2D eigenvalue weighted by Gasteiger charge is -2.47. The van der Waals surface area contributed by atoms with Crippen molar-refractivity contribution in [1.82, 2.24) is 0 Å². The van der Waals surface area contributed by atoms with Gasteiger partial charge in [0.15, 0.2) is 5.79 Å². The monoisotopic (exact) mass is 170 g/mol. The molecule has 3 aliphatic rings. The van der Waals surface area contributed by atoms with E-state index in [-0.39, 0.29) is 11.9 Å². The number of fused-ring (bicyclic) bond motifs is 2. The van der Waals surface area contributed by atoms with Gasteiger partial charge in [-0.25, -0.2) is 0 Å². The first kappa shape index (κ1) is 7.30. The highest BCUT2D eigenvalue weighted by Gasteiger charge is 2.61. The number of hydrogen-bond acceptors (Lipinski definition) is 3. The van der Waals surface area contributed by atoms with Crippen LogP contribution in [0.15, 0.2) is 0 Å². The summed E-state index contributed by atoms with van der Waals surface area (Å²) in [5, 5.41) is 9.44. The summed E-state index contributed by atoms with van der Waals surface area (Å²) < 4.78 is 11.2. The van der Waals surface area contributed by atoms with E-state index in [1.807, 2.05) is 0 Å². The SMILES string of the molecule is OC1CC2CC3(OCCO3)C2C1. The second-order valence-electron chi connectivity index (χ2n) is 4.20. The van der Waals surface area contributed by atoms with Crippen molar-refractivity contribution in [1.29, 1.82) is 0 Å². The molecule has 3 atom stereocenters. The second kappa shape index (κ2) is 2.22. The maximum atomic E-state index is 9.44. The first-order valence-corrected chi connectivity index (χ1v) is 4.76. The molecule has 68 valence electrons. The van der Waals surface area contributed by atoms with E-state index < -0.39 is 0 Å². The van der Waals surface area contributed by atoms with Crippen molar-refractivity contribution in [3.05, 3.63) is 0 Å². The minimum absolute atomic E-state index is 0.104. The molecule has 0 aromatic carbocycles. The molecule has 3 nitrogen and oxygen atoms in total. The Hall–Kier alpha value is -0.120. The molecular weight excluding hydrogens is 156 g/mol. The summed E-state index contributed by atoms with van der Waals surface area (Å²) in [7, 11) is 0. The Kier molecular flexibility index (Phi) is 1.35. The van der Waals surface area contributed by atoms with Crippen molar-refractivity contribution < 1.29 is 14.6 Å². The lowest BCUT2D eigenvalue weighted by atomic mass is 9.70. The fraction of sp³-hybridized carbons (Fsp3) is 1.00. The first-order valence-electron chi connectivity index (χ1n) is 4.76. The summed E-state index contributed by atoms with van der Waals surface area (Å²) in [6, 6.07) is 0. The summed E-state index contributed by atoms with van der Waals surface area (Å²) in [5.41, 5.74) is 0. The molecule has 0 bridgehead atoms. The van der Waals surface area contributed by atoms with Crippen LogP contribution in [0.5, 0.6) is 0 Å². The molecule has 2 saturated carbocycles. The molecule has 1 heterocycles. The van der Waals surface area contributed by atoms with Crippen molar-refractivity contribution in [3.8, 4) is 0 Å². The van der Waals surface area contributed by atoms with E-state index in [4.69, 9.17) is 9.47 Å². The maximum Gasteiger partial charge on any atom is 0.171 e. The quantitative estimate of drug-likeness (QED) is 0.576. The van der Waals surface area contributed by atoms with Gasteiger partial charge in [-0.05, 0) is 18.8 Å². The van der Waals surface area contributed by atoms with Crippen molar-refractivity contribution in [2.45, 2.75) is 31.2 Å². The van der Waals surface area contributed by atoms with Crippen molar-refractivity contribution in [2.75, 3.05) is 13.2 Å². The Bertz CT molecular complexity index is 198. The number of aliphatic hydroxyl groups excluding tert-OH is 1. The van der Waals surface area contributed by atoms with E-state index in [9.17, 15) is 5.11 Å². The number of ether oxygens (including phenoxy) is 2. The van der Waals surface area contributed by atoms with Crippen LogP contribution >= 0.6 is 0 Å². The molecular formula is C9H14O3. The lowest BCUT2D eigenvalue weighted by molar-refractivity contribution is -0.267. The normalized spacial score (nSPS) is 49.2. The molecule has 3 heteroatoms. The lowest BCUT2D eigenvalue weighted by Crippen LogP contribution is -2.52. The van der Waals surface area contributed by atoms with Crippen molar-refractivity contribution in [2.24, 2.45) is 11.8 Å². The molecule has 0 aromatic heterocycles. The van der Waals surface area contributed by atoms with Gasteiger partial charge < -0.3 is 14.6 Å². The minimum atomic E-state index is -0.262. The zero-order valence-electron chi connectivity index (χ0n) is 7.03. The smallest absolute Gasteiger partial charge is 0.171 e. The highest BCUT2D eigenvalue weighted by Crippen LogP contribution is 2.57. The standard InChI is InChI=1S/C9H14O3/c10-7-3-6-5-9(8(6)4-7)11-1-2-12-9/h6-8,10H,1-5H2. The summed E-state index contributed by atoms with van der Waals surface area (Å²) in [4.78, 5) is 0. The third-order valence-corrected chi connectivity index (χ3v) is 3.56. The van der Waals surface area contributed by atoms with E-state index in [1.54, 1.807) is 0 Å². The van der Waals surface area contributed by atoms with E-state index >= 15 is 0 Å². The molecule has 1 spiro atoms. The zero-order valence-corrected chi connectivity index (χ0v) is 7.03. The maximum absolute atomic E-state index is 9.44. The zero-order chi connectivity index (χ0) is 8.18. The van der Waals surface area contributed by atoms with E-state index in [0.717, 1.165) is 32.5 Å². The minimum Gasteiger partial charge on any atom is -0.393 e. The van der Waals surface area contributed by atoms with Crippen LogP contribution in [-0.4, -0.2) is 30.2 Å². The predicted octanol–water partition coefficient (Wildman–Crippen LogP) is 0.520. The first-order chi connectivity index (χ1) is 5.80. The molecule has 3 unspecified atom stereocenters. The highest BCUT2D eigenvalue weighted by atomic mass is 16.7. The topological polar surface area (TPSA) is 38.7 Å².